The highest BCUT2D eigenvalue weighted by Gasteiger charge is 1.91. The summed E-state index contributed by atoms with van der Waals surface area (Å²) in [5, 5.41) is 0. The smallest absolute Gasteiger partial charge is 0.119 e. The van der Waals surface area contributed by atoms with Gasteiger partial charge in [-0.15, -0.1) is 0 Å². The largest absolute Gasteiger partial charge is 0.490 e. The Bertz CT molecular complexity index is 259. The van der Waals surface area contributed by atoms with E-state index in [1.54, 1.807) is 0 Å². The summed E-state index contributed by atoms with van der Waals surface area (Å²) >= 11 is 0. The average molecular weight is 176 g/mol. The van der Waals surface area contributed by atoms with Gasteiger partial charge in [0.1, 0.15) is 12.4 Å². The van der Waals surface area contributed by atoms with Gasteiger partial charge in [-0.1, -0.05) is 31.2 Å². The summed E-state index contributed by atoms with van der Waals surface area (Å²) in [6.45, 7) is 4.79. The summed E-state index contributed by atoms with van der Waals surface area (Å²) in [5.74, 6) is 0.940. The first-order valence-corrected chi connectivity index (χ1v) is 4.69. The van der Waals surface area contributed by atoms with Crippen molar-refractivity contribution in [2.75, 3.05) is 6.61 Å². The van der Waals surface area contributed by atoms with Crippen LogP contribution in [-0.2, 0) is 6.42 Å². The van der Waals surface area contributed by atoms with Crippen LogP contribution in [0.5, 0.6) is 5.75 Å². The second-order valence-electron chi connectivity index (χ2n) is 2.88. The number of benzene rings is 1. The number of allylic oxidation sites excluding steroid dienone is 1. The molecule has 0 saturated heterocycles. The second-order valence-corrected chi connectivity index (χ2v) is 2.88. The Labute approximate surface area is 80.0 Å². The fourth-order valence-electron chi connectivity index (χ4n) is 1.06. The molecule has 0 unspecified atom stereocenters. The van der Waals surface area contributed by atoms with Crippen LogP contribution in [0.1, 0.15) is 19.4 Å². The minimum Gasteiger partial charge on any atom is -0.490 e. The summed E-state index contributed by atoms with van der Waals surface area (Å²) in [7, 11) is 0. The average Bonchev–Trinajstić information content (AvgIpc) is 2.19. The molecular formula is C12H16O. The van der Waals surface area contributed by atoms with Crippen LogP contribution in [0.4, 0.5) is 0 Å². The van der Waals surface area contributed by atoms with Gasteiger partial charge in [-0.2, -0.15) is 0 Å². The zero-order valence-electron chi connectivity index (χ0n) is 8.29. The van der Waals surface area contributed by atoms with Crippen LogP contribution < -0.4 is 4.74 Å². The van der Waals surface area contributed by atoms with Gasteiger partial charge in [0.15, 0.2) is 0 Å². The predicted octanol–water partition coefficient (Wildman–Crippen LogP) is 3.20. The molecule has 0 fully saturated rings. The first kappa shape index (κ1) is 9.85. The number of rotatable bonds is 4. The van der Waals surface area contributed by atoms with Gasteiger partial charge < -0.3 is 4.74 Å². The maximum absolute atomic E-state index is 5.46. The summed E-state index contributed by atoms with van der Waals surface area (Å²) < 4.78 is 5.46. The first-order chi connectivity index (χ1) is 6.36. The van der Waals surface area contributed by atoms with Crippen LogP contribution in [0.3, 0.4) is 0 Å². The van der Waals surface area contributed by atoms with Crippen molar-refractivity contribution in [2.24, 2.45) is 0 Å². The minimum absolute atomic E-state index is 0.655. The van der Waals surface area contributed by atoms with E-state index in [9.17, 15) is 0 Å². The Kier molecular flexibility index (Phi) is 4.10. The lowest BCUT2D eigenvalue weighted by atomic mass is 10.2. The van der Waals surface area contributed by atoms with Gasteiger partial charge in [0, 0.05) is 0 Å². The van der Waals surface area contributed by atoms with Crippen LogP contribution in [0, 0.1) is 0 Å². The third-order valence-electron chi connectivity index (χ3n) is 1.91. The van der Waals surface area contributed by atoms with Gasteiger partial charge >= 0.3 is 0 Å². The Balaban J connectivity index is 2.49. The Morgan fingerprint density at radius 1 is 1.23 bits per heavy atom. The molecule has 0 aromatic heterocycles. The highest BCUT2D eigenvalue weighted by Crippen LogP contribution is 2.12. The molecule has 1 heteroatoms. The third-order valence-corrected chi connectivity index (χ3v) is 1.91. The fraction of sp³-hybridized carbons (Fsp3) is 0.333. The Morgan fingerprint density at radius 3 is 2.46 bits per heavy atom. The maximum Gasteiger partial charge on any atom is 0.119 e. The molecule has 1 aromatic carbocycles. The molecule has 0 amide bonds. The van der Waals surface area contributed by atoms with Gasteiger partial charge in [0.25, 0.3) is 0 Å². The van der Waals surface area contributed by atoms with E-state index in [0.29, 0.717) is 6.61 Å². The highest BCUT2D eigenvalue weighted by atomic mass is 16.5. The lowest BCUT2D eigenvalue weighted by molar-refractivity contribution is 0.362. The van der Waals surface area contributed by atoms with Crippen molar-refractivity contribution in [2.45, 2.75) is 20.3 Å². The standard InChI is InChI=1S/C12H16O/c1-3-5-10-13-12-8-6-11(4-2)7-9-12/h3,5-9H,4,10H2,1-2H3. The Morgan fingerprint density at radius 2 is 1.92 bits per heavy atom. The molecule has 0 aliphatic rings. The van der Waals surface area contributed by atoms with E-state index in [4.69, 9.17) is 4.74 Å². The molecule has 0 radical (unpaired) electrons. The maximum atomic E-state index is 5.46. The SMILES string of the molecule is CC=CCOc1ccc(CC)cc1. The van der Waals surface area contributed by atoms with Gasteiger partial charge in [0.2, 0.25) is 0 Å². The fourth-order valence-corrected chi connectivity index (χ4v) is 1.06. The van der Waals surface area contributed by atoms with Crippen LogP contribution >= 0.6 is 0 Å². The normalized spacial score (nSPS) is 10.6. The molecule has 1 aromatic rings. The van der Waals surface area contributed by atoms with Crippen LogP contribution in [-0.4, -0.2) is 6.61 Å². The molecule has 0 atom stereocenters. The first-order valence-electron chi connectivity index (χ1n) is 4.69. The van der Waals surface area contributed by atoms with Crippen LogP contribution in [0.15, 0.2) is 36.4 Å². The van der Waals surface area contributed by atoms with Crippen molar-refractivity contribution in [3.05, 3.63) is 42.0 Å². The molecule has 13 heavy (non-hydrogen) atoms. The predicted molar refractivity (Wildman–Crippen MR) is 56.1 cm³/mol. The minimum atomic E-state index is 0.655. The van der Waals surface area contributed by atoms with E-state index < -0.39 is 0 Å². The molecular weight excluding hydrogens is 160 g/mol. The summed E-state index contributed by atoms with van der Waals surface area (Å²) in [6, 6.07) is 8.24. The zero-order valence-corrected chi connectivity index (χ0v) is 8.29. The monoisotopic (exact) mass is 176 g/mol. The summed E-state index contributed by atoms with van der Waals surface area (Å²) in [6.07, 6.45) is 5.06. The molecule has 0 aliphatic carbocycles. The zero-order chi connectivity index (χ0) is 9.52. The van der Waals surface area contributed by atoms with Gasteiger partial charge in [-0.3, -0.25) is 0 Å². The third kappa shape index (κ3) is 3.32. The second kappa shape index (κ2) is 5.41. The molecule has 0 aliphatic heterocycles. The lowest BCUT2D eigenvalue weighted by Crippen LogP contribution is -1.92. The topological polar surface area (TPSA) is 9.23 Å². The van der Waals surface area contributed by atoms with Crippen molar-refractivity contribution >= 4 is 0 Å². The molecule has 0 saturated carbocycles. The van der Waals surface area contributed by atoms with E-state index >= 15 is 0 Å². The van der Waals surface area contributed by atoms with Crippen molar-refractivity contribution in [3.8, 4) is 5.75 Å². The quantitative estimate of drug-likeness (QED) is 0.640. The number of aryl methyl sites for hydroxylation is 1. The Hall–Kier alpha value is -1.24. The van der Waals surface area contributed by atoms with Crippen molar-refractivity contribution in [1.29, 1.82) is 0 Å². The van der Waals surface area contributed by atoms with E-state index in [1.165, 1.54) is 5.56 Å². The van der Waals surface area contributed by atoms with E-state index in [-0.39, 0.29) is 0 Å². The molecule has 1 rings (SSSR count). The van der Waals surface area contributed by atoms with Crippen molar-refractivity contribution in [3.63, 3.8) is 0 Å². The van der Waals surface area contributed by atoms with Gasteiger partial charge in [0.05, 0.1) is 0 Å². The molecule has 0 N–H and O–H groups in total. The molecule has 0 spiro atoms. The van der Waals surface area contributed by atoms with Gasteiger partial charge in [-0.05, 0) is 31.0 Å². The van der Waals surface area contributed by atoms with Crippen LogP contribution in [0.25, 0.3) is 0 Å². The number of hydrogen-bond acceptors (Lipinski definition) is 1. The van der Waals surface area contributed by atoms with Crippen molar-refractivity contribution < 1.29 is 4.74 Å². The molecule has 0 heterocycles. The van der Waals surface area contributed by atoms with Crippen molar-refractivity contribution in [1.82, 2.24) is 0 Å². The number of ether oxygens (including phenoxy) is 1. The summed E-state index contributed by atoms with van der Waals surface area (Å²) in [5.41, 5.74) is 1.35. The molecule has 0 bridgehead atoms. The lowest BCUT2D eigenvalue weighted by Gasteiger charge is -2.03. The highest BCUT2D eigenvalue weighted by molar-refractivity contribution is 5.27. The summed E-state index contributed by atoms with van der Waals surface area (Å²) in [4.78, 5) is 0. The molecule has 70 valence electrons. The van der Waals surface area contributed by atoms with E-state index in [2.05, 4.69) is 19.1 Å². The molecule has 1 nitrogen and oxygen atoms in total. The van der Waals surface area contributed by atoms with Gasteiger partial charge in [-0.25, -0.2) is 0 Å². The van der Waals surface area contributed by atoms with E-state index in [0.717, 1.165) is 12.2 Å². The van der Waals surface area contributed by atoms with E-state index in [1.807, 2.05) is 31.2 Å². The van der Waals surface area contributed by atoms with Crippen LogP contribution in [0.2, 0.25) is 0 Å². The number of hydrogen-bond donors (Lipinski definition) is 0.